The molecule has 1 heterocycles. The van der Waals surface area contributed by atoms with Crippen molar-refractivity contribution in [2.75, 3.05) is 6.61 Å². The van der Waals surface area contributed by atoms with E-state index in [2.05, 4.69) is 12.2 Å². The standard InChI is InChI=1S/C17H17ClO3/c18-14-4-1-11(2-5-14)15(10-17(19)20)12-3-6-16-13(9-12)7-8-21-16/h1-2,4-6,9,12,15H,3,7-8,10H2,(H,19,20). The highest BCUT2D eigenvalue weighted by Crippen LogP contribution is 2.39. The van der Waals surface area contributed by atoms with Crippen LogP contribution in [-0.4, -0.2) is 17.7 Å². The van der Waals surface area contributed by atoms with Gasteiger partial charge in [0.15, 0.2) is 0 Å². The SMILES string of the molecule is O=C(O)CC(c1ccc(Cl)cc1)C1C=C2CCOC2=CC1. The van der Waals surface area contributed by atoms with Gasteiger partial charge in [-0.2, -0.15) is 0 Å². The van der Waals surface area contributed by atoms with Crippen LogP contribution in [0.5, 0.6) is 0 Å². The number of carboxylic acid groups (broad SMARTS) is 1. The van der Waals surface area contributed by atoms with E-state index in [-0.39, 0.29) is 18.3 Å². The van der Waals surface area contributed by atoms with Crippen molar-refractivity contribution >= 4 is 17.6 Å². The maximum absolute atomic E-state index is 11.2. The maximum Gasteiger partial charge on any atom is 0.303 e. The number of carboxylic acids is 1. The predicted octanol–water partition coefficient (Wildman–Crippen LogP) is 4.15. The molecular formula is C17H17ClO3. The number of ether oxygens (including phenoxy) is 1. The summed E-state index contributed by atoms with van der Waals surface area (Å²) in [5, 5.41) is 9.90. The van der Waals surface area contributed by atoms with E-state index >= 15 is 0 Å². The number of rotatable bonds is 4. The van der Waals surface area contributed by atoms with E-state index in [4.69, 9.17) is 16.3 Å². The van der Waals surface area contributed by atoms with Crippen LogP contribution in [0.3, 0.4) is 0 Å². The second-order valence-corrected chi connectivity index (χ2v) is 5.95. The Kier molecular flexibility index (Phi) is 4.02. The van der Waals surface area contributed by atoms with Crippen LogP contribution in [0.4, 0.5) is 0 Å². The Morgan fingerprint density at radius 3 is 2.86 bits per heavy atom. The van der Waals surface area contributed by atoms with E-state index in [9.17, 15) is 9.90 Å². The van der Waals surface area contributed by atoms with Gasteiger partial charge < -0.3 is 9.84 Å². The molecule has 0 amide bonds. The number of benzene rings is 1. The van der Waals surface area contributed by atoms with Gasteiger partial charge in [0.25, 0.3) is 0 Å². The molecule has 0 bridgehead atoms. The summed E-state index contributed by atoms with van der Waals surface area (Å²) in [4.78, 5) is 11.2. The number of carbonyl (C=O) groups is 1. The van der Waals surface area contributed by atoms with Gasteiger partial charge in [-0.1, -0.05) is 29.8 Å². The quantitative estimate of drug-likeness (QED) is 0.909. The largest absolute Gasteiger partial charge is 0.493 e. The summed E-state index contributed by atoms with van der Waals surface area (Å²) < 4.78 is 5.55. The molecule has 1 N–H and O–H groups in total. The third-order valence-electron chi connectivity index (χ3n) is 4.15. The van der Waals surface area contributed by atoms with Gasteiger partial charge in [0, 0.05) is 17.4 Å². The van der Waals surface area contributed by atoms with Crippen molar-refractivity contribution in [2.45, 2.75) is 25.2 Å². The van der Waals surface area contributed by atoms with Crippen molar-refractivity contribution in [3.05, 3.63) is 58.3 Å². The molecule has 0 radical (unpaired) electrons. The zero-order chi connectivity index (χ0) is 14.8. The van der Waals surface area contributed by atoms with Crippen LogP contribution in [0.1, 0.15) is 30.7 Å². The number of aliphatic carboxylic acids is 1. The highest BCUT2D eigenvalue weighted by molar-refractivity contribution is 6.30. The van der Waals surface area contributed by atoms with Gasteiger partial charge in [0.2, 0.25) is 0 Å². The monoisotopic (exact) mass is 304 g/mol. The third kappa shape index (κ3) is 3.13. The summed E-state index contributed by atoms with van der Waals surface area (Å²) in [6.45, 7) is 0.731. The summed E-state index contributed by atoms with van der Waals surface area (Å²) in [6, 6.07) is 7.50. The van der Waals surface area contributed by atoms with Crippen molar-refractivity contribution in [3.8, 4) is 0 Å². The molecule has 1 aliphatic carbocycles. The Morgan fingerprint density at radius 2 is 2.14 bits per heavy atom. The van der Waals surface area contributed by atoms with E-state index in [0.717, 1.165) is 30.8 Å². The summed E-state index contributed by atoms with van der Waals surface area (Å²) in [5.74, 6) is 0.371. The topological polar surface area (TPSA) is 46.5 Å². The molecule has 1 fully saturated rings. The molecule has 2 atom stereocenters. The Bertz CT molecular complexity index is 601. The van der Waals surface area contributed by atoms with Gasteiger partial charge in [-0.05, 0) is 41.7 Å². The van der Waals surface area contributed by atoms with E-state index in [1.807, 2.05) is 24.3 Å². The molecule has 2 unspecified atom stereocenters. The van der Waals surface area contributed by atoms with Gasteiger partial charge in [-0.3, -0.25) is 4.79 Å². The number of hydrogen-bond acceptors (Lipinski definition) is 2. The normalized spacial score (nSPS) is 21.9. The van der Waals surface area contributed by atoms with Crippen LogP contribution in [0.15, 0.2) is 47.7 Å². The lowest BCUT2D eigenvalue weighted by Crippen LogP contribution is -2.17. The van der Waals surface area contributed by atoms with Gasteiger partial charge in [0.1, 0.15) is 5.76 Å². The van der Waals surface area contributed by atoms with Crippen molar-refractivity contribution in [1.82, 2.24) is 0 Å². The lowest BCUT2D eigenvalue weighted by Gasteiger charge is -2.26. The molecule has 0 saturated carbocycles. The molecule has 0 spiro atoms. The Balaban J connectivity index is 1.88. The Labute approximate surface area is 128 Å². The lowest BCUT2D eigenvalue weighted by atomic mass is 9.78. The van der Waals surface area contributed by atoms with Crippen LogP contribution in [0.2, 0.25) is 5.02 Å². The number of fused-ring (bicyclic) bond motifs is 1. The molecule has 4 heteroatoms. The smallest absolute Gasteiger partial charge is 0.303 e. The van der Waals surface area contributed by atoms with Gasteiger partial charge in [-0.15, -0.1) is 0 Å². The molecule has 110 valence electrons. The molecule has 1 aliphatic heterocycles. The predicted molar refractivity (Wildman–Crippen MR) is 81.3 cm³/mol. The molecule has 1 saturated heterocycles. The van der Waals surface area contributed by atoms with E-state index in [1.165, 1.54) is 5.57 Å². The molecular weight excluding hydrogens is 288 g/mol. The second-order valence-electron chi connectivity index (χ2n) is 5.51. The third-order valence-corrected chi connectivity index (χ3v) is 4.40. The average molecular weight is 305 g/mol. The van der Waals surface area contributed by atoms with Gasteiger partial charge in [-0.25, -0.2) is 0 Å². The fraction of sp³-hybridized carbons (Fsp3) is 0.353. The highest BCUT2D eigenvalue weighted by atomic mass is 35.5. The van der Waals surface area contributed by atoms with Crippen LogP contribution in [-0.2, 0) is 9.53 Å². The molecule has 2 aliphatic rings. The fourth-order valence-electron chi connectivity index (χ4n) is 3.11. The van der Waals surface area contributed by atoms with Crippen molar-refractivity contribution in [2.24, 2.45) is 5.92 Å². The highest BCUT2D eigenvalue weighted by Gasteiger charge is 2.29. The van der Waals surface area contributed by atoms with Crippen molar-refractivity contribution < 1.29 is 14.6 Å². The summed E-state index contributed by atoms with van der Waals surface area (Å²) in [6.07, 6.45) is 6.16. The van der Waals surface area contributed by atoms with Gasteiger partial charge in [0.05, 0.1) is 13.0 Å². The molecule has 21 heavy (non-hydrogen) atoms. The molecule has 3 nitrogen and oxygen atoms in total. The fourth-order valence-corrected chi connectivity index (χ4v) is 3.23. The Morgan fingerprint density at radius 1 is 1.38 bits per heavy atom. The molecule has 1 aromatic carbocycles. The second kappa shape index (κ2) is 5.94. The van der Waals surface area contributed by atoms with E-state index in [0.29, 0.717) is 5.02 Å². The first-order chi connectivity index (χ1) is 10.1. The first-order valence-corrected chi connectivity index (χ1v) is 7.52. The number of hydrogen-bond donors (Lipinski definition) is 1. The minimum atomic E-state index is -0.772. The summed E-state index contributed by atoms with van der Waals surface area (Å²) in [5.41, 5.74) is 2.25. The van der Waals surface area contributed by atoms with Crippen molar-refractivity contribution in [1.29, 1.82) is 0 Å². The molecule has 1 aromatic rings. The minimum absolute atomic E-state index is 0.0364. The van der Waals surface area contributed by atoms with Crippen LogP contribution in [0.25, 0.3) is 0 Å². The Hall–Kier alpha value is -1.74. The summed E-state index contributed by atoms with van der Waals surface area (Å²) in [7, 11) is 0. The number of halogens is 1. The zero-order valence-corrected chi connectivity index (χ0v) is 12.3. The van der Waals surface area contributed by atoms with Crippen molar-refractivity contribution in [3.63, 3.8) is 0 Å². The molecule has 3 rings (SSSR count). The van der Waals surface area contributed by atoms with Crippen LogP contribution in [0, 0.1) is 5.92 Å². The van der Waals surface area contributed by atoms with E-state index in [1.54, 1.807) is 0 Å². The van der Waals surface area contributed by atoms with E-state index < -0.39 is 5.97 Å². The number of allylic oxidation sites excluding steroid dienone is 3. The summed E-state index contributed by atoms with van der Waals surface area (Å²) >= 11 is 5.93. The molecule has 0 aromatic heterocycles. The van der Waals surface area contributed by atoms with Crippen LogP contribution >= 0.6 is 11.6 Å². The zero-order valence-electron chi connectivity index (χ0n) is 11.6. The van der Waals surface area contributed by atoms with Crippen LogP contribution < -0.4 is 0 Å². The maximum atomic E-state index is 11.2. The van der Waals surface area contributed by atoms with Gasteiger partial charge >= 0.3 is 5.97 Å². The lowest BCUT2D eigenvalue weighted by molar-refractivity contribution is -0.137. The first kappa shape index (κ1) is 14.2. The average Bonchev–Trinajstić information content (AvgIpc) is 2.93. The minimum Gasteiger partial charge on any atom is -0.493 e. The first-order valence-electron chi connectivity index (χ1n) is 7.15.